The van der Waals surface area contributed by atoms with Crippen molar-refractivity contribution in [3.8, 4) is 0 Å². The fourth-order valence-electron chi connectivity index (χ4n) is 2.79. The average molecular weight is 341 g/mol. The zero-order valence-corrected chi connectivity index (χ0v) is 13.7. The minimum atomic E-state index is 0.126. The van der Waals surface area contributed by atoms with E-state index >= 15 is 0 Å². The maximum Gasteiger partial charge on any atom is 0.0598 e. The Bertz CT molecular complexity index is 778. The van der Waals surface area contributed by atoms with E-state index in [1.807, 2.05) is 25.5 Å². The van der Waals surface area contributed by atoms with Gasteiger partial charge < -0.3 is 5.32 Å². The third-order valence-corrected chi connectivity index (χ3v) is 4.78. The minimum Gasteiger partial charge on any atom is -0.309 e. The largest absolute Gasteiger partial charge is 0.309 e. The van der Waals surface area contributed by atoms with Gasteiger partial charge in [-0.15, -0.1) is 0 Å². The van der Waals surface area contributed by atoms with Crippen LogP contribution in [0.1, 0.15) is 22.7 Å². The van der Waals surface area contributed by atoms with Crippen molar-refractivity contribution in [3.05, 3.63) is 76.0 Å². The van der Waals surface area contributed by atoms with Crippen molar-refractivity contribution >= 4 is 26.7 Å². The first kappa shape index (κ1) is 14.2. The molecule has 2 nitrogen and oxygen atoms in total. The molecule has 2 aromatic carbocycles. The van der Waals surface area contributed by atoms with Crippen molar-refractivity contribution in [2.45, 2.75) is 13.0 Å². The average Bonchev–Trinajstić information content (AvgIpc) is 2.52. The van der Waals surface area contributed by atoms with Crippen LogP contribution in [-0.2, 0) is 0 Å². The summed E-state index contributed by atoms with van der Waals surface area (Å²) < 4.78 is 1.13. The Morgan fingerprint density at radius 1 is 1.00 bits per heavy atom. The van der Waals surface area contributed by atoms with Gasteiger partial charge >= 0.3 is 0 Å². The van der Waals surface area contributed by atoms with Gasteiger partial charge in [-0.1, -0.05) is 52.3 Å². The lowest BCUT2D eigenvalue weighted by molar-refractivity contribution is 0.689. The summed E-state index contributed by atoms with van der Waals surface area (Å²) in [5.74, 6) is 0. The van der Waals surface area contributed by atoms with Crippen LogP contribution in [0.5, 0.6) is 0 Å². The van der Waals surface area contributed by atoms with Gasteiger partial charge in [-0.3, -0.25) is 4.98 Å². The van der Waals surface area contributed by atoms with E-state index in [0.29, 0.717) is 0 Å². The first-order chi connectivity index (χ1) is 10.2. The minimum absolute atomic E-state index is 0.126. The van der Waals surface area contributed by atoms with Gasteiger partial charge in [0.2, 0.25) is 0 Å². The molecule has 0 fully saturated rings. The van der Waals surface area contributed by atoms with Crippen LogP contribution in [0.2, 0.25) is 0 Å². The van der Waals surface area contributed by atoms with Crippen molar-refractivity contribution in [1.29, 1.82) is 0 Å². The van der Waals surface area contributed by atoms with Crippen LogP contribution in [0.4, 0.5) is 0 Å². The molecule has 0 aliphatic carbocycles. The number of benzene rings is 2. The van der Waals surface area contributed by atoms with E-state index in [-0.39, 0.29) is 6.04 Å². The fourth-order valence-corrected chi connectivity index (χ4v) is 3.17. The maximum atomic E-state index is 4.41. The van der Waals surface area contributed by atoms with Gasteiger partial charge in [-0.05, 0) is 42.1 Å². The number of fused-ring (bicyclic) bond motifs is 1. The monoisotopic (exact) mass is 340 g/mol. The summed E-state index contributed by atoms with van der Waals surface area (Å²) >= 11 is 3.62. The third-order valence-electron chi connectivity index (χ3n) is 3.92. The Kier molecular flexibility index (Phi) is 4.04. The van der Waals surface area contributed by atoms with Crippen LogP contribution < -0.4 is 5.32 Å². The molecule has 0 amide bonds. The number of rotatable bonds is 3. The Labute approximate surface area is 133 Å². The first-order valence-corrected chi connectivity index (χ1v) is 7.76. The molecule has 21 heavy (non-hydrogen) atoms. The molecule has 0 saturated carbocycles. The molecule has 3 heteroatoms. The number of hydrogen-bond donors (Lipinski definition) is 1. The van der Waals surface area contributed by atoms with Crippen molar-refractivity contribution in [1.82, 2.24) is 10.3 Å². The standard InChI is InChI=1S/C18H17BrN2/c1-12-14(8-5-9-17(12)19)18(20-2)16-11-21-10-13-6-3-4-7-15(13)16/h3-11,18,20H,1-2H3. The van der Waals surface area contributed by atoms with E-state index in [0.717, 1.165) is 4.47 Å². The summed E-state index contributed by atoms with van der Waals surface area (Å²) in [5.41, 5.74) is 3.73. The summed E-state index contributed by atoms with van der Waals surface area (Å²) in [6.45, 7) is 2.14. The summed E-state index contributed by atoms with van der Waals surface area (Å²) in [5, 5.41) is 5.85. The Morgan fingerprint density at radius 2 is 1.81 bits per heavy atom. The van der Waals surface area contributed by atoms with Gasteiger partial charge in [0.05, 0.1) is 6.04 Å². The zero-order valence-electron chi connectivity index (χ0n) is 12.1. The van der Waals surface area contributed by atoms with Crippen LogP contribution in [0.15, 0.2) is 59.3 Å². The van der Waals surface area contributed by atoms with Gasteiger partial charge in [-0.2, -0.15) is 0 Å². The van der Waals surface area contributed by atoms with E-state index in [1.165, 1.54) is 27.5 Å². The van der Waals surface area contributed by atoms with Crippen LogP contribution >= 0.6 is 15.9 Å². The van der Waals surface area contributed by atoms with Crippen LogP contribution in [0, 0.1) is 6.92 Å². The SMILES string of the molecule is CNC(c1cccc(Br)c1C)c1cncc2ccccc12. The van der Waals surface area contributed by atoms with Gasteiger partial charge in [0.15, 0.2) is 0 Å². The quantitative estimate of drug-likeness (QED) is 0.752. The maximum absolute atomic E-state index is 4.41. The van der Waals surface area contributed by atoms with Crippen LogP contribution in [0.25, 0.3) is 10.8 Å². The highest BCUT2D eigenvalue weighted by Gasteiger charge is 2.17. The highest BCUT2D eigenvalue weighted by atomic mass is 79.9. The van der Waals surface area contributed by atoms with Crippen molar-refractivity contribution in [2.24, 2.45) is 0 Å². The lowest BCUT2D eigenvalue weighted by Crippen LogP contribution is -2.19. The summed E-state index contributed by atoms with van der Waals surface area (Å²) in [7, 11) is 1.99. The summed E-state index contributed by atoms with van der Waals surface area (Å²) in [6.07, 6.45) is 3.88. The Hall–Kier alpha value is -1.71. The molecule has 3 rings (SSSR count). The zero-order chi connectivity index (χ0) is 14.8. The highest BCUT2D eigenvalue weighted by Crippen LogP contribution is 2.32. The van der Waals surface area contributed by atoms with Gasteiger partial charge in [0.1, 0.15) is 0 Å². The predicted molar refractivity (Wildman–Crippen MR) is 91.5 cm³/mol. The molecular weight excluding hydrogens is 324 g/mol. The molecule has 0 aliphatic heterocycles. The molecule has 0 saturated heterocycles. The van der Waals surface area contributed by atoms with Crippen molar-refractivity contribution < 1.29 is 0 Å². The second kappa shape index (κ2) is 5.96. The summed E-state index contributed by atoms with van der Waals surface area (Å²) in [4.78, 5) is 4.41. The molecule has 1 unspecified atom stereocenters. The van der Waals surface area contributed by atoms with E-state index in [9.17, 15) is 0 Å². The number of aromatic nitrogens is 1. The predicted octanol–water partition coefficient (Wildman–Crippen LogP) is 4.61. The number of pyridine rings is 1. The smallest absolute Gasteiger partial charge is 0.0598 e. The fraction of sp³-hybridized carbons (Fsp3) is 0.167. The molecule has 106 valence electrons. The van der Waals surface area contributed by atoms with Crippen LogP contribution in [0.3, 0.4) is 0 Å². The molecular formula is C18H17BrN2. The molecule has 1 N–H and O–H groups in total. The second-order valence-corrected chi connectivity index (χ2v) is 5.98. The number of nitrogens with one attached hydrogen (secondary N) is 1. The van der Waals surface area contributed by atoms with Gasteiger partial charge in [0.25, 0.3) is 0 Å². The third kappa shape index (κ3) is 2.59. The molecule has 3 aromatic rings. The lowest BCUT2D eigenvalue weighted by atomic mass is 9.93. The van der Waals surface area contributed by atoms with E-state index in [4.69, 9.17) is 0 Å². The lowest BCUT2D eigenvalue weighted by Gasteiger charge is -2.21. The molecule has 0 radical (unpaired) electrons. The molecule has 0 spiro atoms. The van der Waals surface area contributed by atoms with Crippen molar-refractivity contribution in [3.63, 3.8) is 0 Å². The number of halogens is 1. The van der Waals surface area contributed by atoms with E-state index in [1.54, 1.807) is 0 Å². The van der Waals surface area contributed by atoms with E-state index in [2.05, 4.69) is 69.6 Å². The van der Waals surface area contributed by atoms with Crippen molar-refractivity contribution in [2.75, 3.05) is 7.05 Å². The molecule has 1 aromatic heterocycles. The molecule has 1 atom stereocenters. The highest BCUT2D eigenvalue weighted by molar-refractivity contribution is 9.10. The van der Waals surface area contributed by atoms with Gasteiger partial charge in [-0.25, -0.2) is 0 Å². The van der Waals surface area contributed by atoms with Crippen LogP contribution in [-0.4, -0.2) is 12.0 Å². The number of hydrogen-bond acceptors (Lipinski definition) is 2. The molecule has 1 heterocycles. The Balaban J connectivity index is 2.21. The normalized spacial score (nSPS) is 12.5. The second-order valence-electron chi connectivity index (χ2n) is 5.13. The topological polar surface area (TPSA) is 24.9 Å². The van der Waals surface area contributed by atoms with Gasteiger partial charge in [0, 0.05) is 22.3 Å². The number of nitrogens with zero attached hydrogens (tertiary/aromatic N) is 1. The molecule has 0 aliphatic rings. The summed E-state index contributed by atoms with van der Waals surface area (Å²) in [6, 6.07) is 14.8. The first-order valence-electron chi connectivity index (χ1n) is 6.97. The molecule has 0 bridgehead atoms. The van der Waals surface area contributed by atoms with E-state index < -0.39 is 0 Å². The Morgan fingerprint density at radius 3 is 2.62 bits per heavy atom.